The van der Waals surface area contributed by atoms with Crippen molar-refractivity contribution in [1.82, 2.24) is 0 Å². The minimum atomic E-state index is -0.691. The Morgan fingerprint density at radius 2 is 2.25 bits per heavy atom. The van der Waals surface area contributed by atoms with E-state index in [-0.39, 0.29) is 6.61 Å². The Kier molecular flexibility index (Phi) is 1.86. The Labute approximate surface area is 49.1 Å². The van der Waals surface area contributed by atoms with E-state index in [1.165, 1.54) is 6.42 Å². The van der Waals surface area contributed by atoms with E-state index in [1.54, 1.807) is 0 Å². The molecule has 1 fully saturated rings. The summed E-state index contributed by atoms with van der Waals surface area (Å²) in [6, 6.07) is 0. The molecule has 1 aliphatic carbocycles. The van der Waals surface area contributed by atoms with Crippen LogP contribution in [0.2, 0.25) is 0 Å². The van der Waals surface area contributed by atoms with Crippen LogP contribution in [0.25, 0.3) is 0 Å². The number of aliphatic hydroxyl groups is 1. The maximum Gasteiger partial charge on any atom is 0.119 e. The van der Waals surface area contributed by atoms with Crippen molar-refractivity contribution in [1.29, 1.82) is 0 Å². The van der Waals surface area contributed by atoms with E-state index in [1.807, 2.05) is 0 Å². The molecule has 0 aromatic rings. The van der Waals surface area contributed by atoms with Gasteiger partial charge in [-0.25, -0.2) is 5.11 Å². The molecule has 0 aliphatic heterocycles. The SMILES string of the molecule is [O]C(CO)C1CCC1. The van der Waals surface area contributed by atoms with Gasteiger partial charge >= 0.3 is 0 Å². The van der Waals surface area contributed by atoms with Gasteiger partial charge in [0.2, 0.25) is 0 Å². The summed E-state index contributed by atoms with van der Waals surface area (Å²) in [5, 5.41) is 19.0. The molecule has 1 rings (SSSR count). The van der Waals surface area contributed by atoms with E-state index in [9.17, 15) is 5.11 Å². The van der Waals surface area contributed by atoms with Crippen LogP contribution in [0.5, 0.6) is 0 Å². The van der Waals surface area contributed by atoms with Gasteiger partial charge in [-0.2, -0.15) is 0 Å². The third kappa shape index (κ3) is 1.01. The van der Waals surface area contributed by atoms with E-state index < -0.39 is 6.10 Å². The van der Waals surface area contributed by atoms with Crippen LogP contribution in [0.1, 0.15) is 19.3 Å². The van der Waals surface area contributed by atoms with Crippen molar-refractivity contribution in [2.24, 2.45) is 5.92 Å². The summed E-state index contributed by atoms with van der Waals surface area (Å²) in [5.41, 5.74) is 0. The minimum absolute atomic E-state index is 0.176. The van der Waals surface area contributed by atoms with E-state index in [0.29, 0.717) is 5.92 Å². The minimum Gasteiger partial charge on any atom is -0.394 e. The molecule has 2 heteroatoms. The third-order valence-corrected chi connectivity index (χ3v) is 1.86. The maximum atomic E-state index is 10.6. The maximum absolute atomic E-state index is 10.6. The van der Waals surface area contributed by atoms with E-state index in [4.69, 9.17) is 5.11 Å². The van der Waals surface area contributed by atoms with Crippen molar-refractivity contribution in [2.75, 3.05) is 6.61 Å². The van der Waals surface area contributed by atoms with Gasteiger partial charge in [0.1, 0.15) is 6.10 Å². The highest BCUT2D eigenvalue weighted by molar-refractivity contribution is 4.75. The van der Waals surface area contributed by atoms with Crippen LogP contribution in [0, 0.1) is 5.92 Å². The zero-order valence-electron chi connectivity index (χ0n) is 4.84. The standard InChI is InChI=1S/C6H11O2/c7-4-6(8)5-2-1-3-5/h5-7H,1-4H2. The predicted octanol–water partition coefficient (Wildman–Crippen LogP) is 0.578. The van der Waals surface area contributed by atoms with Crippen molar-refractivity contribution in [3.63, 3.8) is 0 Å². The number of aliphatic hydroxyl groups excluding tert-OH is 1. The van der Waals surface area contributed by atoms with Crippen LogP contribution in [0.4, 0.5) is 0 Å². The monoisotopic (exact) mass is 115 g/mol. The molecule has 1 radical (unpaired) electrons. The van der Waals surface area contributed by atoms with Gasteiger partial charge in [0.25, 0.3) is 0 Å². The quantitative estimate of drug-likeness (QED) is 0.561. The second-order valence-electron chi connectivity index (χ2n) is 2.41. The second-order valence-corrected chi connectivity index (χ2v) is 2.41. The fourth-order valence-electron chi connectivity index (χ4n) is 0.961. The summed E-state index contributed by atoms with van der Waals surface area (Å²) >= 11 is 0. The fraction of sp³-hybridized carbons (Fsp3) is 1.00. The molecule has 2 nitrogen and oxygen atoms in total. The van der Waals surface area contributed by atoms with E-state index in [0.717, 1.165) is 12.8 Å². The first kappa shape index (κ1) is 6.05. The van der Waals surface area contributed by atoms with Crippen LogP contribution < -0.4 is 0 Å². The molecule has 47 valence electrons. The smallest absolute Gasteiger partial charge is 0.119 e. The van der Waals surface area contributed by atoms with Gasteiger partial charge in [-0.3, -0.25) is 0 Å². The first-order valence-corrected chi connectivity index (χ1v) is 3.11. The van der Waals surface area contributed by atoms with Gasteiger partial charge in [-0.15, -0.1) is 0 Å². The molecular formula is C6H11O2. The van der Waals surface area contributed by atoms with Crippen molar-refractivity contribution in [2.45, 2.75) is 25.4 Å². The highest BCUT2D eigenvalue weighted by Gasteiger charge is 2.25. The Hall–Kier alpha value is -0.0800. The number of hydrogen-bond acceptors (Lipinski definition) is 1. The zero-order chi connectivity index (χ0) is 5.98. The molecule has 0 bridgehead atoms. The molecule has 0 aromatic heterocycles. The lowest BCUT2D eigenvalue weighted by Crippen LogP contribution is -2.28. The van der Waals surface area contributed by atoms with Crippen LogP contribution >= 0.6 is 0 Å². The largest absolute Gasteiger partial charge is 0.394 e. The molecule has 0 amide bonds. The molecule has 0 heterocycles. The summed E-state index contributed by atoms with van der Waals surface area (Å²) in [6.45, 7) is -0.176. The van der Waals surface area contributed by atoms with E-state index >= 15 is 0 Å². The topological polar surface area (TPSA) is 40.1 Å². The second kappa shape index (κ2) is 2.46. The highest BCUT2D eigenvalue weighted by Crippen LogP contribution is 2.29. The molecule has 1 atom stereocenters. The van der Waals surface area contributed by atoms with Crippen molar-refractivity contribution >= 4 is 0 Å². The van der Waals surface area contributed by atoms with Gasteiger partial charge in [-0.1, -0.05) is 6.42 Å². The summed E-state index contributed by atoms with van der Waals surface area (Å²) in [6.07, 6.45) is 2.57. The average molecular weight is 115 g/mol. The number of hydrogen-bond donors (Lipinski definition) is 1. The Morgan fingerprint density at radius 3 is 2.38 bits per heavy atom. The lowest BCUT2D eigenvalue weighted by atomic mass is 9.81. The van der Waals surface area contributed by atoms with Gasteiger partial charge < -0.3 is 5.11 Å². The van der Waals surface area contributed by atoms with Crippen molar-refractivity contribution < 1.29 is 10.2 Å². The molecule has 0 spiro atoms. The molecule has 0 aromatic carbocycles. The Bertz CT molecular complexity index is 66.2. The Balaban J connectivity index is 2.13. The molecule has 1 saturated carbocycles. The lowest BCUT2D eigenvalue weighted by Gasteiger charge is -2.27. The zero-order valence-corrected chi connectivity index (χ0v) is 4.84. The van der Waals surface area contributed by atoms with Crippen molar-refractivity contribution in [3.05, 3.63) is 0 Å². The average Bonchev–Trinajstić information content (AvgIpc) is 1.62. The van der Waals surface area contributed by atoms with Crippen LogP contribution in [-0.4, -0.2) is 17.8 Å². The van der Waals surface area contributed by atoms with Crippen LogP contribution in [0.15, 0.2) is 0 Å². The third-order valence-electron chi connectivity index (χ3n) is 1.86. The summed E-state index contributed by atoms with van der Waals surface area (Å²) in [5.74, 6) is 0.292. The number of rotatable bonds is 2. The fourth-order valence-corrected chi connectivity index (χ4v) is 0.961. The molecular weight excluding hydrogens is 104 g/mol. The van der Waals surface area contributed by atoms with Gasteiger partial charge in [0, 0.05) is 0 Å². The first-order valence-electron chi connectivity index (χ1n) is 3.11. The molecule has 1 unspecified atom stereocenters. The van der Waals surface area contributed by atoms with Gasteiger partial charge in [-0.05, 0) is 18.8 Å². The normalized spacial score (nSPS) is 24.8. The van der Waals surface area contributed by atoms with Gasteiger partial charge in [0.05, 0.1) is 6.61 Å². The van der Waals surface area contributed by atoms with Crippen LogP contribution in [0.3, 0.4) is 0 Å². The highest BCUT2D eigenvalue weighted by atomic mass is 16.3. The molecule has 1 N–H and O–H groups in total. The lowest BCUT2D eigenvalue weighted by molar-refractivity contribution is -0.0323. The van der Waals surface area contributed by atoms with E-state index in [2.05, 4.69) is 0 Å². The van der Waals surface area contributed by atoms with Crippen molar-refractivity contribution in [3.8, 4) is 0 Å². The summed E-state index contributed by atoms with van der Waals surface area (Å²) in [4.78, 5) is 0. The predicted molar refractivity (Wildman–Crippen MR) is 28.9 cm³/mol. The molecule has 0 saturated heterocycles. The Morgan fingerprint density at radius 1 is 1.62 bits per heavy atom. The molecule has 8 heavy (non-hydrogen) atoms. The summed E-state index contributed by atoms with van der Waals surface area (Å²) in [7, 11) is 0. The van der Waals surface area contributed by atoms with Gasteiger partial charge in [0.15, 0.2) is 0 Å². The first-order chi connectivity index (χ1) is 3.84. The van der Waals surface area contributed by atoms with Crippen LogP contribution in [-0.2, 0) is 5.11 Å². The molecule has 1 aliphatic rings. The summed E-state index contributed by atoms with van der Waals surface area (Å²) < 4.78 is 0.